The van der Waals surface area contributed by atoms with Crippen LogP contribution in [0.3, 0.4) is 0 Å². The Morgan fingerprint density at radius 3 is 2.81 bits per heavy atom. The monoisotopic (exact) mass is 352 g/mol. The van der Waals surface area contributed by atoms with Gasteiger partial charge in [0.05, 0.1) is 11.7 Å². The summed E-state index contributed by atoms with van der Waals surface area (Å²) in [6.45, 7) is 2.03. The van der Waals surface area contributed by atoms with Gasteiger partial charge in [0, 0.05) is 12.1 Å². The summed E-state index contributed by atoms with van der Waals surface area (Å²) in [6, 6.07) is 1.75. The number of rotatable bonds is 4. The number of imidazole rings is 1. The van der Waals surface area contributed by atoms with E-state index in [1.165, 1.54) is 19.3 Å². The third-order valence-corrected chi connectivity index (χ3v) is 4.43. The molecule has 114 valence electrons. The molecular formula is C14H21BrN6. The molecule has 0 unspecified atom stereocenters. The molecule has 0 saturated heterocycles. The van der Waals surface area contributed by atoms with Gasteiger partial charge >= 0.3 is 0 Å². The number of hydrogen-bond donors (Lipinski definition) is 3. The Bertz CT molecular complexity index is 607. The lowest BCUT2D eigenvalue weighted by molar-refractivity contribution is 0.404. The minimum atomic E-state index is -0.126. The van der Waals surface area contributed by atoms with Gasteiger partial charge < -0.3 is 16.9 Å². The summed E-state index contributed by atoms with van der Waals surface area (Å²) in [5, 5.41) is 0. The van der Waals surface area contributed by atoms with Crippen LogP contribution in [-0.4, -0.2) is 19.9 Å². The molecular weight excluding hydrogens is 332 g/mol. The number of hydrogen-bond acceptors (Lipinski definition) is 5. The highest BCUT2D eigenvalue weighted by Gasteiger charge is 2.24. The first-order chi connectivity index (χ1) is 9.69. The maximum Gasteiger partial charge on any atom is 0.145 e. The van der Waals surface area contributed by atoms with E-state index in [0.717, 1.165) is 28.2 Å². The highest BCUT2D eigenvalue weighted by molar-refractivity contribution is 9.10. The predicted molar refractivity (Wildman–Crippen MR) is 86.1 cm³/mol. The molecule has 1 aliphatic rings. The third-order valence-electron chi connectivity index (χ3n) is 3.86. The van der Waals surface area contributed by atoms with Crippen LogP contribution >= 0.6 is 15.9 Å². The molecule has 7 heteroatoms. The number of H-pyrrole nitrogens is 1. The van der Waals surface area contributed by atoms with Crippen LogP contribution in [0.2, 0.25) is 0 Å². The summed E-state index contributed by atoms with van der Waals surface area (Å²) in [5.74, 6) is 2.29. The summed E-state index contributed by atoms with van der Waals surface area (Å²) in [4.78, 5) is 16.8. The van der Waals surface area contributed by atoms with Crippen molar-refractivity contribution in [2.75, 3.05) is 0 Å². The number of nitrogens with zero attached hydrogens (tertiary/aromatic N) is 3. The van der Waals surface area contributed by atoms with E-state index in [9.17, 15) is 0 Å². The van der Waals surface area contributed by atoms with Crippen LogP contribution in [0, 0.1) is 0 Å². The second kappa shape index (κ2) is 6.64. The molecule has 21 heavy (non-hydrogen) atoms. The number of aromatic amines is 1. The zero-order chi connectivity index (χ0) is 14.1. The second-order valence-electron chi connectivity index (χ2n) is 5.23. The molecule has 6 nitrogen and oxygen atoms in total. The zero-order valence-corrected chi connectivity index (χ0v) is 13.7. The van der Waals surface area contributed by atoms with Gasteiger partial charge in [-0.05, 0) is 41.3 Å². The maximum absolute atomic E-state index is 6.00. The van der Waals surface area contributed by atoms with Crippen LogP contribution < -0.4 is 11.9 Å². The molecule has 2 aromatic heterocycles. The Morgan fingerprint density at radius 1 is 1.43 bits per heavy atom. The van der Waals surface area contributed by atoms with Crippen molar-refractivity contribution in [1.29, 1.82) is 0 Å². The van der Waals surface area contributed by atoms with Gasteiger partial charge in [-0.15, -0.1) is 0 Å². The fourth-order valence-corrected chi connectivity index (χ4v) is 2.78. The van der Waals surface area contributed by atoms with Gasteiger partial charge in [-0.3, -0.25) is 0 Å². The minimum absolute atomic E-state index is 0. The molecule has 1 atom stereocenters. The van der Waals surface area contributed by atoms with Crippen molar-refractivity contribution in [3.8, 4) is 11.4 Å². The summed E-state index contributed by atoms with van der Waals surface area (Å²) < 4.78 is 0.883. The highest BCUT2D eigenvalue weighted by atomic mass is 79.9. The van der Waals surface area contributed by atoms with Crippen LogP contribution in [0.1, 0.15) is 56.2 Å². The van der Waals surface area contributed by atoms with E-state index < -0.39 is 0 Å². The average Bonchev–Trinajstić information content (AvgIpc) is 2.77. The molecule has 1 aliphatic carbocycles. The van der Waals surface area contributed by atoms with Crippen LogP contribution in [0.4, 0.5) is 0 Å². The predicted octanol–water partition coefficient (Wildman–Crippen LogP) is 3.47. The molecule has 1 fully saturated rings. The Balaban J connectivity index is 0.00000161. The van der Waals surface area contributed by atoms with Crippen molar-refractivity contribution in [1.82, 2.24) is 26.1 Å². The highest BCUT2D eigenvalue weighted by Crippen LogP contribution is 2.37. The zero-order valence-electron chi connectivity index (χ0n) is 12.1. The molecule has 2 heterocycles. The fraction of sp³-hybridized carbons (Fsp3) is 0.500. The summed E-state index contributed by atoms with van der Waals surface area (Å²) in [7, 11) is 0. The van der Waals surface area contributed by atoms with E-state index in [1.807, 2.05) is 13.0 Å². The van der Waals surface area contributed by atoms with Gasteiger partial charge in [-0.25, -0.2) is 15.0 Å². The maximum atomic E-state index is 6.00. The molecule has 0 aliphatic heterocycles. The standard InChI is InChI=1S/C14H18BrN5.H3N/c1-2-9(16)14-17-7-6-10(18-14)11-12(15)20-13(19-11)8-4-3-5-8;/h6-9H,2-5,16H2,1H3,(H,19,20);1H3/t9-;/m0./s1. The molecule has 3 rings (SSSR count). The molecule has 6 N–H and O–H groups in total. The van der Waals surface area contributed by atoms with Gasteiger partial charge in [-0.2, -0.15) is 0 Å². The van der Waals surface area contributed by atoms with Crippen molar-refractivity contribution >= 4 is 15.9 Å². The van der Waals surface area contributed by atoms with Gasteiger partial charge in [0.15, 0.2) is 0 Å². The molecule has 0 bridgehead atoms. The smallest absolute Gasteiger partial charge is 0.145 e. The quantitative estimate of drug-likeness (QED) is 0.778. The van der Waals surface area contributed by atoms with Crippen molar-refractivity contribution in [3.63, 3.8) is 0 Å². The number of halogens is 1. The van der Waals surface area contributed by atoms with Gasteiger partial charge in [0.2, 0.25) is 0 Å². The van der Waals surface area contributed by atoms with Crippen LogP contribution in [0.25, 0.3) is 11.4 Å². The summed E-state index contributed by atoms with van der Waals surface area (Å²) in [6.07, 6.45) is 6.29. The van der Waals surface area contributed by atoms with Crippen LogP contribution in [0.5, 0.6) is 0 Å². The largest absolute Gasteiger partial charge is 0.344 e. The first-order valence-electron chi connectivity index (χ1n) is 7.03. The Morgan fingerprint density at radius 2 is 2.19 bits per heavy atom. The molecule has 0 radical (unpaired) electrons. The molecule has 0 amide bonds. The lowest BCUT2D eigenvalue weighted by Gasteiger charge is -2.22. The molecule has 0 spiro atoms. The van der Waals surface area contributed by atoms with Crippen molar-refractivity contribution in [2.24, 2.45) is 5.73 Å². The average molecular weight is 353 g/mol. The van der Waals surface area contributed by atoms with E-state index in [2.05, 4.69) is 30.9 Å². The first kappa shape index (κ1) is 16.1. The molecule has 2 aromatic rings. The summed E-state index contributed by atoms with van der Waals surface area (Å²) >= 11 is 3.54. The van der Waals surface area contributed by atoms with Gasteiger partial charge in [-0.1, -0.05) is 13.3 Å². The number of nitrogens with two attached hydrogens (primary N) is 1. The molecule has 0 aromatic carbocycles. The second-order valence-corrected chi connectivity index (χ2v) is 6.02. The fourth-order valence-electron chi connectivity index (χ4n) is 2.28. The SMILES string of the molecule is CC[C@H](N)c1nccc(-c2nc(C3CCC3)[nH]c2Br)n1.N. The first-order valence-corrected chi connectivity index (χ1v) is 7.82. The van der Waals surface area contributed by atoms with Crippen LogP contribution in [-0.2, 0) is 0 Å². The van der Waals surface area contributed by atoms with E-state index in [0.29, 0.717) is 11.7 Å². The normalized spacial score (nSPS) is 16.1. The number of nitrogens with one attached hydrogen (secondary N) is 1. The van der Waals surface area contributed by atoms with Crippen LogP contribution in [0.15, 0.2) is 16.9 Å². The van der Waals surface area contributed by atoms with Crippen molar-refractivity contribution < 1.29 is 0 Å². The van der Waals surface area contributed by atoms with E-state index >= 15 is 0 Å². The van der Waals surface area contributed by atoms with Gasteiger partial charge in [0.25, 0.3) is 0 Å². The van der Waals surface area contributed by atoms with Crippen molar-refractivity contribution in [2.45, 2.75) is 44.6 Å². The summed E-state index contributed by atoms with van der Waals surface area (Å²) in [5.41, 5.74) is 7.66. The van der Waals surface area contributed by atoms with Gasteiger partial charge in [0.1, 0.15) is 21.9 Å². The Labute approximate surface area is 132 Å². The lowest BCUT2D eigenvalue weighted by Crippen LogP contribution is -2.13. The van der Waals surface area contributed by atoms with E-state index in [4.69, 9.17) is 10.7 Å². The molecule has 1 saturated carbocycles. The van der Waals surface area contributed by atoms with E-state index in [1.54, 1.807) is 6.20 Å². The van der Waals surface area contributed by atoms with E-state index in [-0.39, 0.29) is 12.2 Å². The third kappa shape index (κ3) is 3.14. The topological polar surface area (TPSA) is 115 Å². The van der Waals surface area contributed by atoms with Crippen molar-refractivity contribution in [3.05, 3.63) is 28.5 Å². The lowest BCUT2D eigenvalue weighted by atomic mass is 9.85. The Kier molecular flexibility index (Phi) is 5.08. The Hall–Kier alpha value is -1.31. The minimum Gasteiger partial charge on any atom is -0.344 e. The number of aromatic nitrogens is 4.